The zero-order valence-electron chi connectivity index (χ0n) is 15.9. The van der Waals surface area contributed by atoms with Crippen molar-refractivity contribution in [1.82, 2.24) is 10.6 Å². The highest BCUT2D eigenvalue weighted by Gasteiger charge is 2.11. The minimum Gasteiger partial charge on any atom is -0.464 e. The lowest BCUT2D eigenvalue weighted by Crippen LogP contribution is -2.39. The van der Waals surface area contributed by atoms with Crippen LogP contribution < -0.4 is 10.6 Å². The summed E-state index contributed by atoms with van der Waals surface area (Å²) in [7, 11) is 1.74. The summed E-state index contributed by atoms with van der Waals surface area (Å²) in [5.74, 6) is 2.51. The third-order valence-corrected chi connectivity index (χ3v) is 4.10. The first-order valence-electron chi connectivity index (χ1n) is 8.76. The van der Waals surface area contributed by atoms with Gasteiger partial charge in [0.2, 0.25) is 0 Å². The van der Waals surface area contributed by atoms with Crippen LogP contribution in [-0.4, -0.2) is 24.5 Å². The maximum atomic E-state index is 10.6. The van der Waals surface area contributed by atoms with Crippen LogP contribution in [0.4, 0.5) is 5.69 Å². The molecular formula is C19H27IN4O3. The minimum absolute atomic E-state index is 0. The fourth-order valence-electron chi connectivity index (χ4n) is 2.60. The molecule has 0 bridgehead atoms. The van der Waals surface area contributed by atoms with Crippen molar-refractivity contribution in [2.45, 2.75) is 39.2 Å². The topological polar surface area (TPSA) is 92.7 Å². The molecule has 1 aromatic carbocycles. The normalized spacial score (nSPS) is 12.2. The smallest absolute Gasteiger partial charge is 0.269 e. The molecule has 2 N–H and O–H groups in total. The highest BCUT2D eigenvalue weighted by molar-refractivity contribution is 14.0. The van der Waals surface area contributed by atoms with Crippen LogP contribution in [0.5, 0.6) is 0 Å². The largest absolute Gasteiger partial charge is 0.464 e. The summed E-state index contributed by atoms with van der Waals surface area (Å²) in [6.07, 6.45) is 2.87. The Morgan fingerprint density at radius 2 is 1.93 bits per heavy atom. The number of nitro groups is 1. The molecule has 1 aromatic heterocycles. The van der Waals surface area contributed by atoms with Crippen molar-refractivity contribution >= 4 is 35.6 Å². The molecule has 2 aromatic rings. The zero-order valence-corrected chi connectivity index (χ0v) is 18.2. The Morgan fingerprint density at radius 1 is 1.22 bits per heavy atom. The molecule has 0 spiro atoms. The van der Waals surface area contributed by atoms with Gasteiger partial charge in [0.15, 0.2) is 5.96 Å². The number of hydrogen-bond donors (Lipinski definition) is 2. The van der Waals surface area contributed by atoms with Crippen LogP contribution >= 0.6 is 24.0 Å². The van der Waals surface area contributed by atoms with Crippen molar-refractivity contribution in [2.75, 3.05) is 13.6 Å². The number of furan rings is 1. The van der Waals surface area contributed by atoms with E-state index in [0.717, 1.165) is 48.9 Å². The van der Waals surface area contributed by atoms with Crippen molar-refractivity contribution < 1.29 is 9.34 Å². The van der Waals surface area contributed by atoms with Gasteiger partial charge in [0.05, 0.1) is 11.0 Å². The van der Waals surface area contributed by atoms with E-state index >= 15 is 0 Å². The molecule has 0 fully saturated rings. The van der Waals surface area contributed by atoms with Gasteiger partial charge in [0.25, 0.3) is 5.69 Å². The summed E-state index contributed by atoms with van der Waals surface area (Å²) in [6.45, 7) is 4.75. The monoisotopic (exact) mass is 486 g/mol. The van der Waals surface area contributed by atoms with E-state index in [4.69, 9.17) is 4.42 Å². The number of nitrogens with zero attached hydrogens (tertiary/aromatic N) is 2. The van der Waals surface area contributed by atoms with E-state index in [2.05, 4.69) is 15.6 Å². The number of aryl methyl sites for hydroxylation is 2. The van der Waals surface area contributed by atoms with E-state index in [0.29, 0.717) is 0 Å². The Morgan fingerprint density at radius 3 is 2.48 bits per heavy atom. The van der Waals surface area contributed by atoms with Crippen molar-refractivity contribution in [1.29, 1.82) is 0 Å². The first kappa shape index (κ1) is 22.9. The number of rotatable bonds is 8. The average Bonchev–Trinajstić information content (AvgIpc) is 3.07. The van der Waals surface area contributed by atoms with Gasteiger partial charge in [0, 0.05) is 25.7 Å². The van der Waals surface area contributed by atoms with Crippen LogP contribution in [0.1, 0.15) is 42.9 Å². The number of nitrogens with one attached hydrogen (secondary N) is 2. The number of hydrogen-bond acceptors (Lipinski definition) is 4. The van der Waals surface area contributed by atoms with Crippen LogP contribution in [0.15, 0.2) is 45.8 Å². The Bertz CT molecular complexity index is 744. The third-order valence-electron chi connectivity index (χ3n) is 4.10. The number of unbranched alkanes of at least 4 members (excludes halogenated alkanes) is 1. The van der Waals surface area contributed by atoms with E-state index < -0.39 is 0 Å². The molecule has 27 heavy (non-hydrogen) atoms. The van der Waals surface area contributed by atoms with Gasteiger partial charge in [-0.1, -0.05) is 12.1 Å². The lowest BCUT2D eigenvalue weighted by molar-refractivity contribution is -0.384. The van der Waals surface area contributed by atoms with Crippen molar-refractivity contribution in [2.24, 2.45) is 4.99 Å². The summed E-state index contributed by atoms with van der Waals surface area (Å²) < 4.78 is 5.62. The Balaban J connectivity index is 0.00000364. The van der Waals surface area contributed by atoms with Gasteiger partial charge < -0.3 is 15.1 Å². The number of non-ortho nitro benzene ring substituents is 1. The standard InChI is InChI=1S/C19H26N4O3.HI/c1-14-7-12-18(26-14)15(2)22-19(20-3)21-13-5-4-6-16-8-10-17(11-9-16)23(24)25;/h7-12,15H,4-6,13H2,1-3H3,(H2,20,21,22);1H. The summed E-state index contributed by atoms with van der Waals surface area (Å²) in [5, 5.41) is 17.2. The second kappa shape index (κ2) is 11.6. The fourth-order valence-corrected chi connectivity index (χ4v) is 2.60. The molecule has 8 heteroatoms. The molecule has 0 aliphatic rings. The molecule has 1 heterocycles. The minimum atomic E-state index is -0.378. The average molecular weight is 486 g/mol. The summed E-state index contributed by atoms with van der Waals surface area (Å²) in [4.78, 5) is 14.5. The first-order chi connectivity index (χ1) is 12.5. The summed E-state index contributed by atoms with van der Waals surface area (Å²) in [5.41, 5.74) is 1.24. The van der Waals surface area contributed by atoms with E-state index in [-0.39, 0.29) is 40.6 Å². The van der Waals surface area contributed by atoms with E-state index in [9.17, 15) is 10.1 Å². The number of benzene rings is 1. The molecule has 0 radical (unpaired) electrons. The van der Waals surface area contributed by atoms with Gasteiger partial charge in [-0.25, -0.2) is 0 Å². The predicted octanol–water partition coefficient (Wildman–Crippen LogP) is 4.36. The molecule has 1 atom stereocenters. The predicted molar refractivity (Wildman–Crippen MR) is 118 cm³/mol. The van der Waals surface area contributed by atoms with Crippen molar-refractivity contribution in [3.63, 3.8) is 0 Å². The second-order valence-corrected chi connectivity index (χ2v) is 6.19. The van der Waals surface area contributed by atoms with Gasteiger partial charge in [-0.05, 0) is 50.8 Å². The molecule has 0 aliphatic heterocycles. The maximum absolute atomic E-state index is 10.6. The van der Waals surface area contributed by atoms with E-state index in [1.54, 1.807) is 19.2 Å². The number of guanidine groups is 1. The Hall–Kier alpha value is -2.10. The number of nitro benzene ring substituents is 1. The molecule has 2 rings (SSSR count). The quantitative estimate of drug-likeness (QED) is 0.145. The molecule has 0 aliphatic carbocycles. The Labute approximate surface area is 176 Å². The van der Waals surface area contributed by atoms with Crippen LogP contribution in [0.2, 0.25) is 0 Å². The van der Waals surface area contributed by atoms with Crippen LogP contribution in [0.3, 0.4) is 0 Å². The molecular weight excluding hydrogens is 459 g/mol. The molecule has 0 amide bonds. The van der Waals surface area contributed by atoms with E-state index in [1.165, 1.54) is 0 Å². The van der Waals surface area contributed by atoms with Crippen LogP contribution in [0, 0.1) is 17.0 Å². The Kier molecular flexibility index (Phi) is 9.84. The first-order valence-corrected chi connectivity index (χ1v) is 8.76. The maximum Gasteiger partial charge on any atom is 0.269 e. The summed E-state index contributed by atoms with van der Waals surface area (Å²) in [6, 6.07) is 10.7. The summed E-state index contributed by atoms with van der Waals surface area (Å²) >= 11 is 0. The van der Waals surface area contributed by atoms with Crippen molar-refractivity contribution in [3.05, 3.63) is 63.6 Å². The van der Waals surface area contributed by atoms with E-state index in [1.807, 2.05) is 38.1 Å². The highest BCUT2D eigenvalue weighted by atomic mass is 127. The molecule has 1 unspecified atom stereocenters. The van der Waals surface area contributed by atoms with Gasteiger partial charge in [-0.3, -0.25) is 15.1 Å². The SMILES string of the molecule is CN=C(NCCCCc1ccc([N+](=O)[O-])cc1)NC(C)c1ccc(C)o1.I. The lowest BCUT2D eigenvalue weighted by Gasteiger charge is -2.16. The highest BCUT2D eigenvalue weighted by Crippen LogP contribution is 2.15. The van der Waals surface area contributed by atoms with Crippen LogP contribution in [-0.2, 0) is 6.42 Å². The lowest BCUT2D eigenvalue weighted by atomic mass is 10.1. The fraction of sp³-hybridized carbons (Fsp3) is 0.421. The zero-order chi connectivity index (χ0) is 18.9. The molecule has 148 valence electrons. The molecule has 0 saturated heterocycles. The number of aliphatic imine (C=N–C) groups is 1. The molecule has 7 nitrogen and oxygen atoms in total. The van der Waals surface area contributed by atoms with Gasteiger partial charge in [-0.2, -0.15) is 0 Å². The number of halogens is 1. The van der Waals surface area contributed by atoms with Crippen LogP contribution in [0.25, 0.3) is 0 Å². The van der Waals surface area contributed by atoms with Gasteiger partial charge in [-0.15, -0.1) is 24.0 Å². The van der Waals surface area contributed by atoms with Gasteiger partial charge >= 0.3 is 0 Å². The third kappa shape index (κ3) is 7.58. The van der Waals surface area contributed by atoms with Gasteiger partial charge in [0.1, 0.15) is 11.5 Å². The second-order valence-electron chi connectivity index (χ2n) is 6.19. The van der Waals surface area contributed by atoms with Crippen molar-refractivity contribution in [3.8, 4) is 0 Å². The molecule has 0 saturated carbocycles.